The van der Waals surface area contributed by atoms with E-state index in [1.54, 1.807) is 12.4 Å². The zero-order valence-electron chi connectivity index (χ0n) is 13.5. The van der Waals surface area contributed by atoms with Gasteiger partial charge in [-0.1, -0.05) is 20.8 Å². The fourth-order valence-electron chi connectivity index (χ4n) is 1.78. The quantitative estimate of drug-likeness (QED) is 0.908. The summed E-state index contributed by atoms with van der Waals surface area (Å²) < 4.78 is 0. The molecule has 0 aromatic carbocycles. The van der Waals surface area contributed by atoms with E-state index in [1.807, 2.05) is 40.0 Å². The van der Waals surface area contributed by atoms with Crippen LogP contribution >= 0.6 is 11.3 Å². The summed E-state index contributed by atoms with van der Waals surface area (Å²) in [7, 11) is 0. The molecule has 2 aromatic rings. The Labute approximate surface area is 134 Å². The van der Waals surface area contributed by atoms with Crippen LogP contribution in [0.5, 0.6) is 0 Å². The summed E-state index contributed by atoms with van der Waals surface area (Å²) in [5.74, 6) is 0.741. The van der Waals surface area contributed by atoms with Gasteiger partial charge in [0, 0.05) is 16.5 Å². The molecule has 0 fully saturated rings. The Morgan fingerprint density at radius 3 is 2.41 bits per heavy atom. The number of anilines is 1. The van der Waals surface area contributed by atoms with Gasteiger partial charge < -0.3 is 10.6 Å². The van der Waals surface area contributed by atoms with E-state index in [2.05, 4.69) is 25.6 Å². The lowest BCUT2D eigenvalue weighted by atomic mass is 9.96. The summed E-state index contributed by atoms with van der Waals surface area (Å²) in [5.41, 5.74) is 1.41. The molecule has 0 bridgehead atoms. The molecule has 0 saturated heterocycles. The van der Waals surface area contributed by atoms with Crippen LogP contribution in [0.3, 0.4) is 0 Å². The van der Waals surface area contributed by atoms with Gasteiger partial charge in [0.25, 0.3) is 0 Å². The van der Waals surface area contributed by atoms with Crippen LogP contribution in [0.1, 0.15) is 50.3 Å². The van der Waals surface area contributed by atoms with E-state index in [-0.39, 0.29) is 17.5 Å². The van der Waals surface area contributed by atoms with Gasteiger partial charge in [-0.05, 0) is 13.8 Å². The summed E-state index contributed by atoms with van der Waals surface area (Å²) in [6.07, 6.45) is 3.23. The molecule has 0 aliphatic rings. The van der Waals surface area contributed by atoms with Gasteiger partial charge in [0.1, 0.15) is 10.8 Å². The Bertz CT molecular complexity index is 645. The van der Waals surface area contributed by atoms with Gasteiger partial charge in [-0.3, -0.25) is 0 Å². The van der Waals surface area contributed by atoms with E-state index in [0.29, 0.717) is 5.69 Å². The number of aryl methyl sites for hydroxylation is 1. The SMILES string of the molecule is Cc1csc([C@H](C)NC(=O)Nc2cnc(C(C)(C)C)nc2)n1. The number of aromatic nitrogens is 3. The molecule has 22 heavy (non-hydrogen) atoms. The van der Waals surface area contributed by atoms with Gasteiger partial charge in [-0.15, -0.1) is 11.3 Å². The molecule has 2 heterocycles. The lowest BCUT2D eigenvalue weighted by molar-refractivity contribution is 0.249. The first-order chi connectivity index (χ1) is 10.3. The first-order valence-corrected chi connectivity index (χ1v) is 7.96. The molecular formula is C15H21N5OS. The summed E-state index contributed by atoms with van der Waals surface area (Å²) in [6.45, 7) is 9.96. The van der Waals surface area contributed by atoms with E-state index in [9.17, 15) is 4.79 Å². The number of hydrogen-bond acceptors (Lipinski definition) is 5. The molecule has 7 heteroatoms. The highest BCUT2D eigenvalue weighted by molar-refractivity contribution is 7.09. The van der Waals surface area contributed by atoms with Crippen molar-refractivity contribution >= 4 is 23.1 Å². The van der Waals surface area contributed by atoms with Gasteiger partial charge in [-0.2, -0.15) is 0 Å². The molecule has 118 valence electrons. The summed E-state index contributed by atoms with van der Waals surface area (Å²) in [5, 5.41) is 8.42. The maximum atomic E-state index is 12.0. The Morgan fingerprint density at radius 2 is 1.91 bits per heavy atom. The smallest absolute Gasteiger partial charge is 0.319 e. The number of nitrogens with zero attached hydrogens (tertiary/aromatic N) is 3. The molecule has 0 unspecified atom stereocenters. The van der Waals surface area contributed by atoms with Crippen molar-refractivity contribution < 1.29 is 4.79 Å². The second-order valence-electron chi connectivity index (χ2n) is 6.19. The van der Waals surface area contributed by atoms with Crippen molar-refractivity contribution in [2.75, 3.05) is 5.32 Å². The van der Waals surface area contributed by atoms with Crippen LogP contribution in [0.15, 0.2) is 17.8 Å². The maximum Gasteiger partial charge on any atom is 0.319 e. The van der Waals surface area contributed by atoms with Gasteiger partial charge >= 0.3 is 6.03 Å². The van der Waals surface area contributed by atoms with Crippen molar-refractivity contribution in [2.24, 2.45) is 0 Å². The van der Waals surface area contributed by atoms with Crippen LogP contribution in [0, 0.1) is 6.92 Å². The van der Waals surface area contributed by atoms with Crippen molar-refractivity contribution in [3.63, 3.8) is 0 Å². The monoisotopic (exact) mass is 319 g/mol. The second kappa shape index (κ2) is 6.39. The lowest BCUT2D eigenvalue weighted by Gasteiger charge is -2.16. The van der Waals surface area contributed by atoms with Crippen LogP contribution in [0.4, 0.5) is 10.5 Å². The maximum absolute atomic E-state index is 12.0. The molecular weight excluding hydrogens is 298 g/mol. The molecule has 0 aliphatic heterocycles. The van der Waals surface area contributed by atoms with Gasteiger partial charge in [0.15, 0.2) is 0 Å². The third kappa shape index (κ3) is 4.24. The van der Waals surface area contributed by atoms with Crippen molar-refractivity contribution in [3.8, 4) is 0 Å². The highest BCUT2D eigenvalue weighted by atomic mass is 32.1. The van der Waals surface area contributed by atoms with Gasteiger partial charge in [0.05, 0.1) is 24.1 Å². The first-order valence-electron chi connectivity index (χ1n) is 7.08. The zero-order valence-corrected chi connectivity index (χ0v) is 14.3. The minimum absolute atomic E-state index is 0.113. The van der Waals surface area contributed by atoms with Crippen molar-refractivity contribution in [1.82, 2.24) is 20.3 Å². The van der Waals surface area contributed by atoms with Crippen molar-refractivity contribution in [1.29, 1.82) is 0 Å². The van der Waals surface area contributed by atoms with E-state index in [0.717, 1.165) is 16.5 Å². The zero-order chi connectivity index (χ0) is 16.3. The molecule has 1 atom stereocenters. The standard InChI is InChI=1S/C15H21N5OS/c1-9-8-22-12(18-9)10(2)19-14(21)20-11-6-16-13(17-7-11)15(3,4)5/h6-8,10H,1-5H3,(H2,19,20,21)/t10-/m0/s1. The summed E-state index contributed by atoms with van der Waals surface area (Å²) in [4.78, 5) is 24.9. The number of thiazole rings is 1. The molecule has 2 rings (SSSR count). The Morgan fingerprint density at radius 1 is 1.27 bits per heavy atom. The van der Waals surface area contributed by atoms with Crippen LogP contribution in [-0.4, -0.2) is 21.0 Å². The summed E-state index contributed by atoms with van der Waals surface area (Å²) in [6, 6.07) is -0.444. The molecule has 0 radical (unpaired) electrons. The Balaban J connectivity index is 1.94. The van der Waals surface area contributed by atoms with Crippen LogP contribution < -0.4 is 10.6 Å². The average molecular weight is 319 g/mol. The normalized spacial score (nSPS) is 12.8. The number of carbonyl (C=O) groups excluding carboxylic acids is 1. The number of nitrogens with one attached hydrogen (secondary N) is 2. The van der Waals surface area contributed by atoms with Crippen molar-refractivity contribution in [2.45, 2.75) is 46.1 Å². The van der Waals surface area contributed by atoms with E-state index < -0.39 is 0 Å². The molecule has 2 N–H and O–H groups in total. The molecule has 2 aromatic heterocycles. The molecule has 0 spiro atoms. The fraction of sp³-hybridized carbons (Fsp3) is 0.467. The van der Waals surface area contributed by atoms with E-state index in [1.165, 1.54) is 11.3 Å². The lowest BCUT2D eigenvalue weighted by Crippen LogP contribution is -2.31. The van der Waals surface area contributed by atoms with Crippen LogP contribution in [0.25, 0.3) is 0 Å². The Hall–Kier alpha value is -2.02. The third-order valence-electron chi connectivity index (χ3n) is 2.94. The van der Waals surface area contributed by atoms with E-state index in [4.69, 9.17) is 0 Å². The van der Waals surface area contributed by atoms with Gasteiger partial charge in [0.2, 0.25) is 0 Å². The van der Waals surface area contributed by atoms with E-state index >= 15 is 0 Å². The highest BCUT2D eigenvalue weighted by Crippen LogP contribution is 2.19. The topological polar surface area (TPSA) is 79.8 Å². The number of urea groups is 1. The molecule has 2 amide bonds. The van der Waals surface area contributed by atoms with Crippen molar-refractivity contribution in [3.05, 3.63) is 34.3 Å². The fourth-order valence-corrected chi connectivity index (χ4v) is 2.58. The largest absolute Gasteiger partial charge is 0.329 e. The highest BCUT2D eigenvalue weighted by Gasteiger charge is 2.17. The predicted molar refractivity (Wildman–Crippen MR) is 88.2 cm³/mol. The molecule has 0 aliphatic carbocycles. The number of carbonyl (C=O) groups is 1. The first kappa shape index (κ1) is 16.4. The molecule has 0 saturated carbocycles. The minimum atomic E-state index is -0.299. The Kier molecular flexibility index (Phi) is 4.75. The number of rotatable bonds is 3. The average Bonchev–Trinajstić information content (AvgIpc) is 2.85. The second-order valence-corrected chi connectivity index (χ2v) is 7.08. The van der Waals surface area contributed by atoms with Crippen LogP contribution in [-0.2, 0) is 5.41 Å². The minimum Gasteiger partial charge on any atom is -0.329 e. The van der Waals surface area contributed by atoms with Gasteiger partial charge in [-0.25, -0.2) is 19.7 Å². The number of amides is 2. The summed E-state index contributed by atoms with van der Waals surface area (Å²) >= 11 is 1.53. The third-order valence-corrected chi connectivity index (χ3v) is 4.08. The number of hydrogen-bond donors (Lipinski definition) is 2. The predicted octanol–water partition coefficient (Wildman–Crippen LogP) is 3.42. The van der Waals surface area contributed by atoms with Crippen LogP contribution in [0.2, 0.25) is 0 Å². The molecule has 6 nitrogen and oxygen atoms in total.